The van der Waals surface area contributed by atoms with Crippen LogP contribution in [0.3, 0.4) is 0 Å². The first-order chi connectivity index (χ1) is 8.91. The van der Waals surface area contributed by atoms with Crippen LogP contribution in [-0.2, 0) is 4.79 Å². The summed E-state index contributed by atoms with van der Waals surface area (Å²) in [6, 6.07) is 4.85. The Morgan fingerprint density at radius 1 is 1.32 bits per heavy atom. The van der Waals surface area contributed by atoms with E-state index in [0.29, 0.717) is 23.0 Å². The molecule has 0 spiro atoms. The lowest BCUT2D eigenvalue weighted by Gasteiger charge is -2.12. The third-order valence-corrected chi connectivity index (χ3v) is 3.28. The van der Waals surface area contributed by atoms with Gasteiger partial charge >= 0.3 is 5.97 Å². The first kappa shape index (κ1) is 15.8. The summed E-state index contributed by atoms with van der Waals surface area (Å²) >= 11 is 11.8. The van der Waals surface area contributed by atoms with Gasteiger partial charge in [0.25, 0.3) is 5.91 Å². The van der Waals surface area contributed by atoms with E-state index >= 15 is 0 Å². The van der Waals surface area contributed by atoms with Crippen LogP contribution < -0.4 is 5.32 Å². The summed E-state index contributed by atoms with van der Waals surface area (Å²) < 4.78 is 0. The zero-order chi connectivity index (χ0) is 14.4. The lowest BCUT2D eigenvalue weighted by molar-refractivity contribution is -0.137. The van der Waals surface area contributed by atoms with Crippen molar-refractivity contribution in [1.82, 2.24) is 5.32 Å². The SMILES string of the molecule is CC(CCC(=O)O)CNC(=O)c1c(Cl)cccc1Cl. The molecule has 1 unspecified atom stereocenters. The fourth-order valence-electron chi connectivity index (χ4n) is 1.54. The fourth-order valence-corrected chi connectivity index (χ4v) is 2.11. The molecule has 19 heavy (non-hydrogen) atoms. The number of aliphatic carboxylic acids is 1. The Labute approximate surface area is 121 Å². The van der Waals surface area contributed by atoms with Crippen molar-refractivity contribution in [2.75, 3.05) is 6.54 Å². The highest BCUT2D eigenvalue weighted by atomic mass is 35.5. The molecule has 0 bridgehead atoms. The van der Waals surface area contributed by atoms with Crippen molar-refractivity contribution in [1.29, 1.82) is 0 Å². The molecule has 104 valence electrons. The van der Waals surface area contributed by atoms with Gasteiger partial charge in [-0.2, -0.15) is 0 Å². The number of halogens is 2. The number of nitrogens with one attached hydrogen (secondary N) is 1. The molecule has 0 heterocycles. The van der Waals surface area contributed by atoms with E-state index in [1.165, 1.54) is 0 Å². The Bertz CT molecular complexity index is 457. The predicted molar refractivity (Wildman–Crippen MR) is 74.8 cm³/mol. The van der Waals surface area contributed by atoms with Crippen LogP contribution in [-0.4, -0.2) is 23.5 Å². The van der Waals surface area contributed by atoms with Crippen molar-refractivity contribution in [3.63, 3.8) is 0 Å². The van der Waals surface area contributed by atoms with Crippen LogP contribution in [0.15, 0.2) is 18.2 Å². The molecule has 1 aromatic rings. The zero-order valence-electron chi connectivity index (χ0n) is 10.5. The van der Waals surface area contributed by atoms with Gasteiger partial charge in [0.05, 0.1) is 15.6 Å². The van der Waals surface area contributed by atoms with Gasteiger partial charge in [-0.3, -0.25) is 9.59 Å². The number of carboxylic acid groups (broad SMARTS) is 1. The topological polar surface area (TPSA) is 66.4 Å². The molecule has 1 atom stereocenters. The fraction of sp³-hybridized carbons (Fsp3) is 0.385. The number of carboxylic acids is 1. The van der Waals surface area contributed by atoms with Crippen LogP contribution in [0.25, 0.3) is 0 Å². The number of rotatable bonds is 6. The van der Waals surface area contributed by atoms with E-state index in [1.807, 2.05) is 6.92 Å². The highest BCUT2D eigenvalue weighted by Gasteiger charge is 2.15. The predicted octanol–water partition coefficient (Wildman–Crippen LogP) is 3.22. The second-order valence-electron chi connectivity index (χ2n) is 4.34. The van der Waals surface area contributed by atoms with Gasteiger partial charge in [-0.1, -0.05) is 36.2 Å². The first-order valence-electron chi connectivity index (χ1n) is 5.85. The van der Waals surface area contributed by atoms with Crippen molar-refractivity contribution in [3.8, 4) is 0 Å². The van der Waals surface area contributed by atoms with Crippen molar-refractivity contribution >= 4 is 35.1 Å². The lowest BCUT2D eigenvalue weighted by atomic mass is 10.1. The molecule has 0 aliphatic rings. The summed E-state index contributed by atoms with van der Waals surface area (Å²) in [5.74, 6) is -1.12. The highest BCUT2D eigenvalue weighted by molar-refractivity contribution is 6.39. The molecule has 0 radical (unpaired) electrons. The summed E-state index contributed by atoms with van der Waals surface area (Å²) in [6.45, 7) is 2.26. The summed E-state index contributed by atoms with van der Waals surface area (Å²) in [4.78, 5) is 22.4. The van der Waals surface area contributed by atoms with Gasteiger partial charge in [0, 0.05) is 13.0 Å². The van der Waals surface area contributed by atoms with Crippen LogP contribution in [0, 0.1) is 5.92 Å². The van der Waals surface area contributed by atoms with Gasteiger partial charge in [0.1, 0.15) is 0 Å². The maximum absolute atomic E-state index is 11.9. The number of hydrogen-bond acceptors (Lipinski definition) is 2. The Morgan fingerprint density at radius 3 is 2.42 bits per heavy atom. The van der Waals surface area contributed by atoms with Crippen molar-refractivity contribution < 1.29 is 14.7 Å². The monoisotopic (exact) mass is 303 g/mol. The molecule has 4 nitrogen and oxygen atoms in total. The van der Waals surface area contributed by atoms with E-state index in [1.54, 1.807) is 18.2 Å². The summed E-state index contributed by atoms with van der Waals surface area (Å²) in [6.07, 6.45) is 0.593. The maximum atomic E-state index is 11.9. The minimum Gasteiger partial charge on any atom is -0.481 e. The molecule has 0 aliphatic heterocycles. The maximum Gasteiger partial charge on any atom is 0.303 e. The van der Waals surface area contributed by atoms with E-state index in [0.717, 1.165) is 0 Å². The van der Waals surface area contributed by atoms with Gasteiger partial charge in [-0.05, 0) is 24.5 Å². The number of benzene rings is 1. The van der Waals surface area contributed by atoms with Crippen LogP contribution in [0.1, 0.15) is 30.1 Å². The highest BCUT2D eigenvalue weighted by Crippen LogP contribution is 2.24. The molecular weight excluding hydrogens is 289 g/mol. The van der Waals surface area contributed by atoms with Crippen LogP contribution in [0.5, 0.6) is 0 Å². The number of carbonyl (C=O) groups excluding carboxylic acids is 1. The average Bonchev–Trinajstić information content (AvgIpc) is 2.33. The number of carbonyl (C=O) groups is 2. The Kier molecular flexibility index (Phi) is 6.12. The molecule has 0 fully saturated rings. The molecule has 1 aromatic carbocycles. The smallest absolute Gasteiger partial charge is 0.303 e. The normalized spacial score (nSPS) is 11.9. The lowest BCUT2D eigenvalue weighted by Crippen LogP contribution is -2.29. The van der Waals surface area contributed by atoms with Gasteiger partial charge < -0.3 is 10.4 Å². The molecule has 0 aliphatic carbocycles. The zero-order valence-corrected chi connectivity index (χ0v) is 12.0. The Hall–Kier alpha value is -1.26. The van der Waals surface area contributed by atoms with Crippen LogP contribution >= 0.6 is 23.2 Å². The average molecular weight is 304 g/mol. The second kappa shape index (κ2) is 7.36. The minimum atomic E-state index is -0.840. The van der Waals surface area contributed by atoms with E-state index in [9.17, 15) is 9.59 Å². The third-order valence-electron chi connectivity index (χ3n) is 2.65. The third kappa shape index (κ3) is 5.09. The molecule has 6 heteroatoms. The van der Waals surface area contributed by atoms with Gasteiger partial charge in [-0.25, -0.2) is 0 Å². The molecule has 1 rings (SSSR count). The molecule has 2 N–H and O–H groups in total. The standard InChI is InChI=1S/C13H15Cl2NO3/c1-8(5-6-11(17)18)7-16-13(19)12-9(14)3-2-4-10(12)15/h2-4,8H,5-7H2,1H3,(H,16,19)(H,17,18). The molecule has 0 saturated heterocycles. The minimum absolute atomic E-state index is 0.0707. The van der Waals surface area contributed by atoms with E-state index in [2.05, 4.69) is 5.32 Å². The van der Waals surface area contributed by atoms with Crippen molar-refractivity contribution in [3.05, 3.63) is 33.8 Å². The summed E-state index contributed by atoms with van der Waals surface area (Å²) in [5, 5.41) is 11.9. The molecule has 0 saturated carbocycles. The molecule has 0 aromatic heterocycles. The van der Waals surface area contributed by atoms with E-state index in [4.69, 9.17) is 28.3 Å². The summed E-state index contributed by atoms with van der Waals surface area (Å²) in [7, 11) is 0. The number of amides is 1. The van der Waals surface area contributed by atoms with Gasteiger partial charge in [-0.15, -0.1) is 0 Å². The Balaban J connectivity index is 2.54. The van der Waals surface area contributed by atoms with Crippen LogP contribution in [0.2, 0.25) is 10.0 Å². The van der Waals surface area contributed by atoms with E-state index < -0.39 is 5.97 Å². The molecule has 1 amide bonds. The number of hydrogen-bond donors (Lipinski definition) is 2. The Morgan fingerprint density at radius 2 is 1.89 bits per heavy atom. The van der Waals surface area contributed by atoms with Gasteiger partial charge in [0.15, 0.2) is 0 Å². The largest absolute Gasteiger partial charge is 0.481 e. The van der Waals surface area contributed by atoms with E-state index in [-0.39, 0.29) is 23.8 Å². The summed E-state index contributed by atoms with van der Waals surface area (Å²) in [5.41, 5.74) is 0.247. The van der Waals surface area contributed by atoms with Crippen molar-refractivity contribution in [2.24, 2.45) is 5.92 Å². The molecular formula is C13H15Cl2NO3. The quantitative estimate of drug-likeness (QED) is 0.848. The second-order valence-corrected chi connectivity index (χ2v) is 5.16. The van der Waals surface area contributed by atoms with Gasteiger partial charge in [0.2, 0.25) is 0 Å². The first-order valence-corrected chi connectivity index (χ1v) is 6.61. The van der Waals surface area contributed by atoms with Crippen LogP contribution in [0.4, 0.5) is 0 Å². The van der Waals surface area contributed by atoms with Crippen molar-refractivity contribution in [2.45, 2.75) is 19.8 Å².